The number of nitrogens with one attached hydrogen (secondary N) is 1. The number of urea groups is 1. The van der Waals surface area contributed by atoms with E-state index in [1.807, 2.05) is 5.32 Å². The summed E-state index contributed by atoms with van der Waals surface area (Å²) in [6.07, 6.45) is -0.995. The van der Waals surface area contributed by atoms with Gasteiger partial charge in [-0.1, -0.05) is 0 Å². The van der Waals surface area contributed by atoms with E-state index in [-0.39, 0.29) is 13.2 Å². The second-order valence-corrected chi connectivity index (χ2v) is 4.01. The van der Waals surface area contributed by atoms with Crippen LogP contribution in [-0.4, -0.2) is 42.0 Å². The van der Waals surface area contributed by atoms with Gasteiger partial charge in [0.25, 0.3) is 0 Å². The molecule has 8 heteroatoms. The van der Waals surface area contributed by atoms with Gasteiger partial charge in [-0.3, -0.25) is 19.8 Å². The molecule has 1 rings (SSSR count). The molecule has 1 heterocycles. The highest BCUT2D eigenvalue weighted by Crippen LogP contribution is 2.22. The second-order valence-electron chi connectivity index (χ2n) is 4.01. The average Bonchev–Trinajstić information content (AvgIpc) is 2.20. The van der Waals surface area contributed by atoms with Crippen molar-refractivity contribution in [1.29, 1.82) is 0 Å². The molecule has 0 unspecified atom stereocenters. The van der Waals surface area contributed by atoms with Crippen molar-refractivity contribution in [1.82, 2.24) is 10.2 Å². The second kappa shape index (κ2) is 4.40. The zero-order valence-electron chi connectivity index (χ0n) is 9.48. The van der Waals surface area contributed by atoms with Gasteiger partial charge < -0.3 is 10.5 Å². The third-order valence-electron chi connectivity index (χ3n) is 2.37. The molecule has 0 atom stereocenters. The summed E-state index contributed by atoms with van der Waals surface area (Å²) in [5.74, 6) is -1.29. The molecule has 0 aromatic carbocycles. The number of hydrogen-bond acceptors (Lipinski definition) is 5. The highest BCUT2D eigenvalue weighted by atomic mass is 16.5. The summed E-state index contributed by atoms with van der Waals surface area (Å²) in [4.78, 5) is 45.7. The van der Waals surface area contributed by atoms with E-state index in [0.717, 1.165) is 4.90 Å². The first kappa shape index (κ1) is 12.9. The van der Waals surface area contributed by atoms with Crippen molar-refractivity contribution in [3.05, 3.63) is 0 Å². The van der Waals surface area contributed by atoms with Crippen LogP contribution in [0.2, 0.25) is 0 Å². The molecular formula is C9H13N3O5. The third-order valence-corrected chi connectivity index (χ3v) is 2.37. The molecule has 0 aliphatic carbocycles. The Balaban J connectivity index is 2.71. The molecule has 8 nitrogen and oxygen atoms in total. The van der Waals surface area contributed by atoms with Crippen molar-refractivity contribution < 1.29 is 23.9 Å². The number of ether oxygens (including phenoxy) is 1. The molecule has 5 amide bonds. The van der Waals surface area contributed by atoms with E-state index in [9.17, 15) is 19.2 Å². The topological polar surface area (TPSA) is 119 Å². The molecule has 0 aromatic heterocycles. The summed E-state index contributed by atoms with van der Waals surface area (Å²) in [6.45, 7) is 2.45. The van der Waals surface area contributed by atoms with Crippen LogP contribution in [0.5, 0.6) is 0 Å². The summed E-state index contributed by atoms with van der Waals surface area (Å²) in [5, 5.41) is 2.04. The molecule has 1 saturated heterocycles. The number of barbiturate groups is 1. The van der Waals surface area contributed by atoms with Gasteiger partial charge in [0, 0.05) is 0 Å². The van der Waals surface area contributed by atoms with Crippen molar-refractivity contribution in [2.45, 2.75) is 13.8 Å². The molecule has 0 aromatic rings. The Morgan fingerprint density at radius 2 is 2.00 bits per heavy atom. The van der Waals surface area contributed by atoms with E-state index in [0.29, 0.717) is 0 Å². The van der Waals surface area contributed by atoms with Crippen molar-refractivity contribution >= 4 is 23.9 Å². The molecule has 0 bridgehead atoms. The van der Waals surface area contributed by atoms with E-state index in [4.69, 9.17) is 5.73 Å². The Bertz CT molecular complexity index is 390. The minimum atomic E-state index is -1.32. The van der Waals surface area contributed by atoms with Crippen LogP contribution in [-0.2, 0) is 14.3 Å². The highest BCUT2D eigenvalue weighted by molar-refractivity contribution is 6.18. The third kappa shape index (κ3) is 2.52. The average molecular weight is 243 g/mol. The first-order valence-corrected chi connectivity index (χ1v) is 4.86. The Hall–Kier alpha value is -2.12. The normalized spacial score (nSPS) is 18.9. The fourth-order valence-electron chi connectivity index (χ4n) is 1.29. The van der Waals surface area contributed by atoms with Crippen LogP contribution in [0.25, 0.3) is 0 Å². The monoisotopic (exact) mass is 243 g/mol. The number of amides is 5. The number of nitrogens with zero attached hydrogens (tertiary/aromatic N) is 1. The van der Waals surface area contributed by atoms with Gasteiger partial charge in [-0.05, 0) is 13.8 Å². The largest absolute Gasteiger partial charge is 0.448 e. The number of nitrogens with two attached hydrogens (primary N) is 1. The van der Waals surface area contributed by atoms with E-state index in [1.54, 1.807) is 0 Å². The molecule has 94 valence electrons. The smallest absolute Gasteiger partial charge is 0.404 e. The molecule has 0 saturated carbocycles. The molecule has 0 radical (unpaired) electrons. The van der Waals surface area contributed by atoms with Gasteiger partial charge in [0.05, 0.1) is 6.54 Å². The summed E-state index contributed by atoms with van der Waals surface area (Å²) in [6, 6.07) is -0.826. The lowest BCUT2D eigenvalue weighted by atomic mass is 9.89. The number of carbonyl (C=O) groups is 4. The first-order valence-electron chi connectivity index (χ1n) is 4.86. The molecule has 3 N–H and O–H groups in total. The number of carbonyl (C=O) groups excluding carboxylic acids is 4. The molecule has 1 aliphatic rings. The van der Waals surface area contributed by atoms with Crippen molar-refractivity contribution in [3.8, 4) is 0 Å². The number of hydrogen-bond donors (Lipinski definition) is 2. The van der Waals surface area contributed by atoms with Crippen LogP contribution in [0.3, 0.4) is 0 Å². The number of rotatable bonds is 3. The van der Waals surface area contributed by atoms with Crippen molar-refractivity contribution in [2.24, 2.45) is 11.1 Å². The van der Waals surface area contributed by atoms with Gasteiger partial charge in [0.2, 0.25) is 11.8 Å². The van der Waals surface area contributed by atoms with Crippen LogP contribution in [0.1, 0.15) is 13.8 Å². The molecular weight excluding hydrogens is 230 g/mol. The maximum atomic E-state index is 11.8. The standard InChI is InChI=1S/C9H13N3O5/c1-9(2)5(13)11-8(16)12(6(9)14)3-4-17-7(10)15/h3-4H2,1-2H3,(H2,10,15)(H,11,13,16). The SMILES string of the molecule is CC1(C)C(=O)NC(=O)N(CCOC(N)=O)C1=O. The summed E-state index contributed by atoms with van der Waals surface area (Å²) < 4.78 is 4.42. The van der Waals surface area contributed by atoms with Gasteiger partial charge in [-0.15, -0.1) is 0 Å². The lowest BCUT2D eigenvalue weighted by Crippen LogP contribution is -2.62. The van der Waals surface area contributed by atoms with E-state index < -0.39 is 29.4 Å². The highest BCUT2D eigenvalue weighted by Gasteiger charge is 2.46. The fourth-order valence-corrected chi connectivity index (χ4v) is 1.29. The Labute approximate surface area is 97.1 Å². The predicted octanol–water partition coefficient (Wildman–Crippen LogP) is -0.814. The quantitative estimate of drug-likeness (QED) is 0.628. The summed E-state index contributed by atoms with van der Waals surface area (Å²) in [5.41, 5.74) is 3.41. The van der Waals surface area contributed by atoms with E-state index >= 15 is 0 Å². The van der Waals surface area contributed by atoms with Crippen LogP contribution >= 0.6 is 0 Å². The van der Waals surface area contributed by atoms with Crippen molar-refractivity contribution in [2.75, 3.05) is 13.2 Å². The van der Waals surface area contributed by atoms with Crippen molar-refractivity contribution in [3.63, 3.8) is 0 Å². The van der Waals surface area contributed by atoms with Gasteiger partial charge in [0.15, 0.2) is 0 Å². The molecule has 0 spiro atoms. The van der Waals surface area contributed by atoms with Crippen LogP contribution in [0.15, 0.2) is 0 Å². The zero-order chi connectivity index (χ0) is 13.2. The number of primary amides is 1. The van der Waals surface area contributed by atoms with E-state index in [2.05, 4.69) is 4.74 Å². The predicted molar refractivity (Wildman–Crippen MR) is 54.6 cm³/mol. The lowest BCUT2D eigenvalue weighted by Gasteiger charge is -2.34. The van der Waals surface area contributed by atoms with E-state index in [1.165, 1.54) is 13.8 Å². The molecule has 1 fully saturated rings. The molecule has 17 heavy (non-hydrogen) atoms. The Morgan fingerprint density at radius 1 is 1.41 bits per heavy atom. The minimum Gasteiger partial charge on any atom is -0.448 e. The fraction of sp³-hybridized carbons (Fsp3) is 0.556. The first-order chi connectivity index (χ1) is 7.76. The zero-order valence-corrected chi connectivity index (χ0v) is 9.48. The Morgan fingerprint density at radius 3 is 2.53 bits per heavy atom. The summed E-state index contributed by atoms with van der Waals surface area (Å²) in [7, 11) is 0. The van der Waals surface area contributed by atoms with Gasteiger partial charge in [-0.2, -0.15) is 0 Å². The number of imide groups is 2. The maximum absolute atomic E-state index is 11.8. The van der Waals surface area contributed by atoms with Crippen LogP contribution in [0.4, 0.5) is 9.59 Å². The van der Waals surface area contributed by atoms with Crippen LogP contribution < -0.4 is 11.1 Å². The maximum Gasteiger partial charge on any atom is 0.404 e. The Kier molecular flexibility index (Phi) is 3.35. The van der Waals surface area contributed by atoms with Crippen LogP contribution in [0, 0.1) is 5.41 Å². The van der Waals surface area contributed by atoms with Gasteiger partial charge >= 0.3 is 12.1 Å². The molecule has 1 aliphatic heterocycles. The lowest BCUT2D eigenvalue weighted by molar-refractivity contribution is -0.149. The summed E-state index contributed by atoms with van der Waals surface area (Å²) >= 11 is 0. The van der Waals surface area contributed by atoms with Gasteiger partial charge in [-0.25, -0.2) is 9.59 Å². The minimum absolute atomic E-state index is 0.148. The van der Waals surface area contributed by atoms with Gasteiger partial charge in [0.1, 0.15) is 12.0 Å².